The third-order valence-electron chi connectivity index (χ3n) is 5.12. The lowest BCUT2D eigenvalue weighted by molar-refractivity contribution is 0.0493. The number of aromatic nitrogens is 2. The van der Waals surface area contributed by atoms with E-state index < -0.39 is 0 Å². The third kappa shape index (κ3) is 3.17. The van der Waals surface area contributed by atoms with Gasteiger partial charge in [-0.25, -0.2) is 4.39 Å². The summed E-state index contributed by atoms with van der Waals surface area (Å²) in [6.07, 6.45) is 2.94. The minimum atomic E-state index is -0.270. The van der Waals surface area contributed by atoms with Gasteiger partial charge in [-0.15, -0.1) is 0 Å². The van der Waals surface area contributed by atoms with Crippen LogP contribution in [0.5, 0.6) is 0 Å². The van der Waals surface area contributed by atoms with E-state index in [1.54, 1.807) is 17.0 Å². The lowest BCUT2D eigenvalue weighted by Crippen LogP contribution is -2.51. The largest absolute Gasteiger partial charge is 0.337 e. The van der Waals surface area contributed by atoms with Crippen LogP contribution < -0.4 is 0 Å². The Kier molecular flexibility index (Phi) is 4.28. The first-order chi connectivity index (χ1) is 12.1. The molecule has 1 saturated heterocycles. The van der Waals surface area contributed by atoms with Gasteiger partial charge in [-0.05, 0) is 50.3 Å². The van der Waals surface area contributed by atoms with E-state index in [2.05, 4.69) is 5.10 Å². The summed E-state index contributed by atoms with van der Waals surface area (Å²) in [6, 6.07) is 6.70. The van der Waals surface area contributed by atoms with E-state index in [0.29, 0.717) is 41.7 Å². The standard InChI is InChI=1S/C19H21ClFN3O/c1-2-24-18(13-6-7-13)9-17(22-24)19(25)23-10-12(11-23)8-14-15(20)4-3-5-16(14)21/h3-5,9,12-13H,2,6-8,10-11H2,1H3. The Bertz CT molecular complexity index is 789. The van der Waals surface area contributed by atoms with Crippen molar-refractivity contribution in [1.82, 2.24) is 14.7 Å². The van der Waals surface area contributed by atoms with Crippen molar-refractivity contribution in [3.05, 3.63) is 52.1 Å². The summed E-state index contributed by atoms with van der Waals surface area (Å²) in [6.45, 7) is 4.08. The maximum Gasteiger partial charge on any atom is 0.274 e. The average Bonchev–Trinajstić information content (AvgIpc) is 3.31. The van der Waals surface area contributed by atoms with Crippen molar-refractivity contribution in [2.45, 2.75) is 38.6 Å². The number of likely N-dealkylation sites (tertiary alicyclic amines) is 1. The molecule has 2 aromatic rings. The van der Waals surface area contributed by atoms with Crippen molar-refractivity contribution < 1.29 is 9.18 Å². The first-order valence-electron chi connectivity index (χ1n) is 8.86. The van der Waals surface area contributed by atoms with E-state index in [0.717, 1.165) is 6.54 Å². The fraction of sp³-hybridized carbons (Fsp3) is 0.474. The predicted molar refractivity (Wildman–Crippen MR) is 94.4 cm³/mol. The van der Waals surface area contributed by atoms with E-state index in [4.69, 9.17) is 11.6 Å². The summed E-state index contributed by atoms with van der Waals surface area (Å²) in [4.78, 5) is 14.4. The molecule has 0 bridgehead atoms. The van der Waals surface area contributed by atoms with Crippen molar-refractivity contribution in [3.8, 4) is 0 Å². The molecule has 132 valence electrons. The zero-order valence-corrected chi connectivity index (χ0v) is 15.0. The highest BCUT2D eigenvalue weighted by molar-refractivity contribution is 6.31. The van der Waals surface area contributed by atoms with Gasteiger partial charge in [0.2, 0.25) is 0 Å². The lowest BCUT2D eigenvalue weighted by atomic mass is 9.91. The number of hydrogen-bond donors (Lipinski definition) is 0. The van der Waals surface area contributed by atoms with Crippen LogP contribution in [0.1, 0.15) is 47.4 Å². The van der Waals surface area contributed by atoms with E-state index in [1.165, 1.54) is 24.6 Å². The summed E-state index contributed by atoms with van der Waals surface area (Å²) in [5.74, 6) is 0.522. The van der Waals surface area contributed by atoms with Gasteiger partial charge in [-0.3, -0.25) is 9.48 Å². The molecule has 4 rings (SSSR count). The van der Waals surface area contributed by atoms with Gasteiger partial charge in [-0.1, -0.05) is 17.7 Å². The molecule has 1 aromatic heterocycles. The number of carbonyl (C=O) groups excluding carboxylic acids is 1. The predicted octanol–water partition coefficient (Wildman–Crippen LogP) is 3.89. The second-order valence-electron chi connectivity index (χ2n) is 7.02. The molecule has 25 heavy (non-hydrogen) atoms. The number of amides is 1. The molecule has 1 aromatic carbocycles. The number of carbonyl (C=O) groups is 1. The van der Waals surface area contributed by atoms with Crippen LogP contribution in [0, 0.1) is 11.7 Å². The van der Waals surface area contributed by atoms with Crippen molar-refractivity contribution in [2.75, 3.05) is 13.1 Å². The molecule has 0 spiro atoms. The highest BCUT2D eigenvalue weighted by Crippen LogP contribution is 2.40. The van der Waals surface area contributed by atoms with E-state index in [-0.39, 0.29) is 17.6 Å². The number of benzene rings is 1. The van der Waals surface area contributed by atoms with Crippen LogP contribution >= 0.6 is 11.6 Å². The SMILES string of the molecule is CCn1nc(C(=O)N2CC(Cc3c(F)cccc3Cl)C2)cc1C1CC1. The van der Waals surface area contributed by atoms with Gasteiger partial charge >= 0.3 is 0 Å². The van der Waals surface area contributed by atoms with Crippen molar-refractivity contribution in [3.63, 3.8) is 0 Å². The smallest absolute Gasteiger partial charge is 0.274 e. The number of aryl methyl sites for hydroxylation is 1. The number of rotatable bonds is 5. The van der Waals surface area contributed by atoms with Crippen LogP contribution in [0.15, 0.2) is 24.3 Å². The molecule has 0 radical (unpaired) electrons. The van der Waals surface area contributed by atoms with Crippen LogP contribution in [-0.4, -0.2) is 33.7 Å². The molecular weight excluding hydrogens is 341 g/mol. The second-order valence-corrected chi connectivity index (χ2v) is 7.43. The van der Waals surface area contributed by atoms with E-state index in [9.17, 15) is 9.18 Å². The molecular formula is C19H21ClFN3O. The Morgan fingerprint density at radius 1 is 1.36 bits per heavy atom. The zero-order chi connectivity index (χ0) is 17.6. The quantitative estimate of drug-likeness (QED) is 0.810. The highest BCUT2D eigenvalue weighted by atomic mass is 35.5. The highest BCUT2D eigenvalue weighted by Gasteiger charge is 2.35. The maximum absolute atomic E-state index is 13.9. The number of nitrogens with zero attached hydrogens (tertiary/aromatic N) is 3. The third-order valence-corrected chi connectivity index (χ3v) is 5.48. The molecule has 0 atom stereocenters. The van der Waals surface area contributed by atoms with Gasteiger partial charge < -0.3 is 4.90 Å². The Morgan fingerprint density at radius 2 is 2.12 bits per heavy atom. The first kappa shape index (κ1) is 16.6. The molecule has 2 aliphatic rings. The van der Waals surface area contributed by atoms with Crippen LogP contribution in [0.2, 0.25) is 5.02 Å². The van der Waals surface area contributed by atoms with Gasteiger partial charge in [0.05, 0.1) is 0 Å². The minimum absolute atomic E-state index is 0.0232. The van der Waals surface area contributed by atoms with Gasteiger partial charge in [-0.2, -0.15) is 5.10 Å². The Hall–Kier alpha value is -1.88. The number of hydrogen-bond acceptors (Lipinski definition) is 2. The molecule has 0 N–H and O–H groups in total. The van der Waals surface area contributed by atoms with Crippen molar-refractivity contribution >= 4 is 17.5 Å². The molecule has 2 heterocycles. The Morgan fingerprint density at radius 3 is 2.76 bits per heavy atom. The normalized spacial score (nSPS) is 17.6. The first-order valence-corrected chi connectivity index (χ1v) is 9.24. The lowest BCUT2D eigenvalue weighted by Gasteiger charge is -2.39. The van der Waals surface area contributed by atoms with E-state index in [1.807, 2.05) is 17.7 Å². The van der Waals surface area contributed by atoms with Gasteiger partial charge in [0.25, 0.3) is 5.91 Å². The minimum Gasteiger partial charge on any atom is -0.337 e. The Balaban J connectivity index is 1.39. The molecule has 1 aliphatic heterocycles. The number of halogens is 2. The second kappa shape index (κ2) is 6.45. The summed E-state index contributed by atoms with van der Waals surface area (Å²) < 4.78 is 15.8. The van der Waals surface area contributed by atoms with Crippen molar-refractivity contribution in [1.29, 1.82) is 0 Å². The summed E-state index contributed by atoms with van der Waals surface area (Å²) in [7, 11) is 0. The maximum atomic E-state index is 13.9. The van der Waals surface area contributed by atoms with Gasteiger partial charge in [0.1, 0.15) is 5.82 Å². The fourth-order valence-electron chi connectivity index (χ4n) is 3.54. The van der Waals surface area contributed by atoms with Crippen LogP contribution in [-0.2, 0) is 13.0 Å². The molecule has 1 saturated carbocycles. The molecule has 4 nitrogen and oxygen atoms in total. The molecule has 6 heteroatoms. The summed E-state index contributed by atoms with van der Waals surface area (Å²) in [5, 5.41) is 4.93. The molecule has 1 amide bonds. The van der Waals surface area contributed by atoms with Crippen LogP contribution in [0.4, 0.5) is 4.39 Å². The topological polar surface area (TPSA) is 38.1 Å². The molecule has 1 aliphatic carbocycles. The van der Waals surface area contributed by atoms with E-state index >= 15 is 0 Å². The van der Waals surface area contributed by atoms with Crippen LogP contribution in [0.25, 0.3) is 0 Å². The Labute approximate surface area is 151 Å². The fourth-order valence-corrected chi connectivity index (χ4v) is 3.78. The summed E-state index contributed by atoms with van der Waals surface area (Å²) in [5.41, 5.74) is 2.26. The van der Waals surface area contributed by atoms with Crippen molar-refractivity contribution in [2.24, 2.45) is 5.92 Å². The average molecular weight is 362 g/mol. The van der Waals surface area contributed by atoms with Gasteiger partial charge in [0.15, 0.2) is 5.69 Å². The van der Waals surface area contributed by atoms with Crippen LogP contribution in [0.3, 0.4) is 0 Å². The monoisotopic (exact) mass is 361 g/mol. The summed E-state index contributed by atoms with van der Waals surface area (Å²) >= 11 is 6.09. The zero-order valence-electron chi connectivity index (χ0n) is 14.2. The molecule has 2 fully saturated rings. The van der Waals surface area contributed by atoms with Gasteiger partial charge in [0, 0.05) is 41.8 Å². The molecule has 0 unspecified atom stereocenters.